The number of carbonyl (C=O) groups is 3. The monoisotopic (exact) mass is 877 g/mol. The molecule has 0 fully saturated rings. The van der Waals surface area contributed by atoms with Gasteiger partial charge in [-0.3, -0.25) is 14.4 Å². The summed E-state index contributed by atoms with van der Waals surface area (Å²) in [6, 6.07) is 0. The maximum atomic E-state index is 12.8. The highest BCUT2D eigenvalue weighted by Crippen LogP contribution is 2.16. The van der Waals surface area contributed by atoms with Gasteiger partial charge in [-0.2, -0.15) is 0 Å². The summed E-state index contributed by atoms with van der Waals surface area (Å²) in [5.74, 6) is -0.957. The van der Waals surface area contributed by atoms with Gasteiger partial charge in [0.1, 0.15) is 13.2 Å². The summed E-state index contributed by atoms with van der Waals surface area (Å²) in [5.41, 5.74) is 0. The number of esters is 3. The first-order valence-corrected chi connectivity index (χ1v) is 26.2. The Kier molecular flexibility index (Phi) is 48.5. The lowest BCUT2D eigenvalue weighted by Gasteiger charge is -2.18. The molecule has 0 aromatic carbocycles. The van der Waals surface area contributed by atoms with Gasteiger partial charge in [0.15, 0.2) is 6.10 Å². The predicted octanol–water partition coefficient (Wildman–Crippen LogP) is 17.2. The van der Waals surface area contributed by atoms with E-state index in [1.54, 1.807) is 0 Å². The maximum Gasteiger partial charge on any atom is 0.306 e. The summed E-state index contributed by atoms with van der Waals surface area (Å²) in [4.78, 5) is 37.9. The number of carbonyl (C=O) groups excluding carboxylic acids is 3. The molecule has 0 aromatic rings. The summed E-state index contributed by atoms with van der Waals surface area (Å²) in [5, 5.41) is 0. The van der Waals surface area contributed by atoms with Crippen LogP contribution in [0.4, 0.5) is 0 Å². The average molecular weight is 877 g/mol. The highest BCUT2D eigenvalue weighted by Gasteiger charge is 2.19. The highest BCUT2D eigenvalue weighted by molar-refractivity contribution is 5.71. The van der Waals surface area contributed by atoms with E-state index in [2.05, 4.69) is 81.5 Å². The molecule has 0 N–H and O–H groups in total. The molecule has 0 aromatic heterocycles. The van der Waals surface area contributed by atoms with E-state index in [-0.39, 0.29) is 31.1 Å². The van der Waals surface area contributed by atoms with Gasteiger partial charge in [0.2, 0.25) is 0 Å². The molecule has 6 heteroatoms. The topological polar surface area (TPSA) is 78.9 Å². The third-order valence-electron chi connectivity index (χ3n) is 11.0. The molecule has 1 unspecified atom stereocenters. The molecule has 63 heavy (non-hydrogen) atoms. The summed E-state index contributed by atoms with van der Waals surface area (Å²) >= 11 is 0. The van der Waals surface area contributed by atoms with Gasteiger partial charge in [-0.15, -0.1) is 0 Å². The van der Waals surface area contributed by atoms with Crippen molar-refractivity contribution in [3.8, 4) is 0 Å². The number of ether oxygens (including phenoxy) is 3. The smallest absolute Gasteiger partial charge is 0.306 e. The van der Waals surface area contributed by atoms with Crippen LogP contribution in [0.1, 0.15) is 239 Å². The van der Waals surface area contributed by atoms with Gasteiger partial charge in [-0.05, 0) is 64.2 Å². The molecule has 0 saturated carbocycles. The molecule has 0 spiro atoms. The Hall–Kier alpha value is -3.41. The molecular weight excluding hydrogens is 781 g/mol. The van der Waals surface area contributed by atoms with E-state index in [1.807, 2.05) is 24.3 Å². The molecule has 0 bridgehead atoms. The second kappa shape index (κ2) is 51.2. The fourth-order valence-corrected chi connectivity index (χ4v) is 7.10. The Labute approximate surface area is 388 Å². The molecule has 0 rings (SSSR count). The summed E-state index contributed by atoms with van der Waals surface area (Å²) in [6.45, 7) is 6.38. The van der Waals surface area contributed by atoms with Crippen molar-refractivity contribution < 1.29 is 28.6 Å². The Morgan fingerprint density at radius 3 is 1.19 bits per heavy atom. The SMILES string of the molecule is CC/C=C\C/C=C\CCCCC(=O)OCC(COC(=O)CCCCCCC\C=C/C=C\C=C/C=C\C=C/CCC)OC(=O)CCCCCCCCCCCCCCCCCCCC. The van der Waals surface area contributed by atoms with E-state index >= 15 is 0 Å². The van der Waals surface area contributed by atoms with Crippen molar-refractivity contribution in [1.29, 1.82) is 0 Å². The average Bonchev–Trinajstić information content (AvgIpc) is 3.28. The minimum absolute atomic E-state index is 0.0993. The lowest BCUT2D eigenvalue weighted by atomic mass is 10.0. The minimum atomic E-state index is -0.798. The van der Waals surface area contributed by atoms with Gasteiger partial charge in [-0.1, -0.05) is 241 Å². The van der Waals surface area contributed by atoms with E-state index in [9.17, 15) is 14.4 Å². The Bertz CT molecular complexity index is 1240. The highest BCUT2D eigenvalue weighted by atomic mass is 16.6. The molecule has 0 heterocycles. The zero-order valence-electron chi connectivity index (χ0n) is 41.1. The first-order chi connectivity index (χ1) is 31.0. The van der Waals surface area contributed by atoms with Crippen molar-refractivity contribution in [2.24, 2.45) is 0 Å². The number of hydrogen-bond acceptors (Lipinski definition) is 6. The quantitative estimate of drug-likeness (QED) is 0.0199. The third-order valence-corrected chi connectivity index (χ3v) is 11.0. The van der Waals surface area contributed by atoms with E-state index in [0.717, 1.165) is 96.3 Å². The molecule has 6 nitrogen and oxygen atoms in total. The van der Waals surface area contributed by atoms with Crippen molar-refractivity contribution in [2.75, 3.05) is 13.2 Å². The fourth-order valence-electron chi connectivity index (χ4n) is 7.10. The van der Waals surface area contributed by atoms with Gasteiger partial charge in [-0.25, -0.2) is 0 Å². The van der Waals surface area contributed by atoms with Crippen LogP contribution in [0.25, 0.3) is 0 Å². The molecule has 0 amide bonds. The van der Waals surface area contributed by atoms with Crippen molar-refractivity contribution in [3.63, 3.8) is 0 Å². The first-order valence-electron chi connectivity index (χ1n) is 26.2. The summed E-state index contributed by atoms with van der Waals surface area (Å²) < 4.78 is 16.7. The Balaban J connectivity index is 4.37. The van der Waals surface area contributed by atoms with Crippen LogP contribution < -0.4 is 0 Å². The molecule has 0 saturated heterocycles. The van der Waals surface area contributed by atoms with Crippen LogP contribution in [0.5, 0.6) is 0 Å². The van der Waals surface area contributed by atoms with Gasteiger partial charge in [0.05, 0.1) is 0 Å². The third kappa shape index (κ3) is 49.5. The molecule has 360 valence electrons. The van der Waals surface area contributed by atoms with Gasteiger partial charge < -0.3 is 14.2 Å². The Morgan fingerprint density at radius 1 is 0.349 bits per heavy atom. The fraction of sp³-hybridized carbons (Fsp3) is 0.702. The van der Waals surface area contributed by atoms with Crippen LogP contribution in [0.3, 0.4) is 0 Å². The van der Waals surface area contributed by atoms with Crippen molar-refractivity contribution in [3.05, 3.63) is 85.1 Å². The molecular formula is C57H96O6. The minimum Gasteiger partial charge on any atom is -0.462 e. The van der Waals surface area contributed by atoms with Crippen LogP contribution >= 0.6 is 0 Å². The van der Waals surface area contributed by atoms with E-state index in [0.29, 0.717) is 19.3 Å². The molecule has 0 radical (unpaired) electrons. The van der Waals surface area contributed by atoms with Crippen LogP contribution in [0.15, 0.2) is 85.1 Å². The second-order valence-electron chi connectivity index (χ2n) is 17.2. The van der Waals surface area contributed by atoms with Gasteiger partial charge in [0, 0.05) is 19.3 Å². The van der Waals surface area contributed by atoms with E-state index in [4.69, 9.17) is 14.2 Å². The lowest BCUT2D eigenvalue weighted by molar-refractivity contribution is -0.167. The largest absolute Gasteiger partial charge is 0.462 e. The zero-order valence-corrected chi connectivity index (χ0v) is 41.1. The maximum absolute atomic E-state index is 12.8. The van der Waals surface area contributed by atoms with Crippen LogP contribution in [-0.4, -0.2) is 37.2 Å². The van der Waals surface area contributed by atoms with Gasteiger partial charge >= 0.3 is 17.9 Å². The Morgan fingerprint density at radius 2 is 0.714 bits per heavy atom. The molecule has 1 atom stereocenters. The van der Waals surface area contributed by atoms with Crippen LogP contribution in [-0.2, 0) is 28.6 Å². The summed E-state index contributed by atoms with van der Waals surface area (Å²) in [7, 11) is 0. The number of unbranched alkanes of at least 4 members (excludes halogenated alkanes) is 25. The van der Waals surface area contributed by atoms with Crippen LogP contribution in [0, 0.1) is 0 Å². The first kappa shape index (κ1) is 59.6. The molecule has 0 aliphatic rings. The van der Waals surface area contributed by atoms with Crippen molar-refractivity contribution in [2.45, 2.75) is 245 Å². The number of hydrogen-bond donors (Lipinski definition) is 0. The normalized spacial score (nSPS) is 12.7. The zero-order chi connectivity index (χ0) is 45.8. The second-order valence-corrected chi connectivity index (χ2v) is 17.2. The van der Waals surface area contributed by atoms with Crippen molar-refractivity contribution in [1.82, 2.24) is 0 Å². The predicted molar refractivity (Wildman–Crippen MR) is 270 cm³/mol. The lowest BCUT2D eigenvalue weighted by Crippen LogP contribution is -2.30. The number of rotatable bonds is 46. The summed E-state index contributed by atoms with van der Waals surface area (Å²) in [6.07, 6.45) is 65.8. The van der Waals surface area contributed by atoms with Crippen LogP contribution in [0.2, 0.25) is 0 Å². The molecule has 0 aliphatic heterocycles. The van der Waals surface area contributed by atoms with E-state index in [1.165, 1.54) is 103 Å². The molecule has 0 aliphatic carbocycles. The number of allylic oxidation sites excluding steroid dienone is 14. The van der Waals surface area contributed by atoms with Gasteiger partial charge in [0.25, 0.3) is 0 Å². The standard InChI is InChI=1S/C57H96O6/c1-4-7-10-13-16-19-21-23-25-27-29-31-33-35-38-41-44-47-50-56(59)62-53-54(52-61-55(58)49-46-43-40-37-18-15-12-9-6-3)63-57(60)51-48-45-42-39-36-34-32-30-28-26-24-22-20-17-14-11-8-5-2/h9-10,12-13,16,18-19,21,23,25,27,29,31,37,54H,4-8,11,14-15,17,20,22,24,26,28,30,32-36,38-53H2,1-3H3/b12-9-,13-10-,19-16-,23-21-,27-25-,31-29-,37-18-. The van der Waals surface area contributed by atoms with E-state index < -0.39 is 6.10 Å². The van der Waals surface area contributed by atoms with Crippen molar-refractivity contribution >= 4 is 17.9 Å².